The van der Waals surface area contributed by atoms with Gasteiger partial charge in [-0.1, -0.05) is 6.92 Å². The van der Waals surface area contributed by atoms with E-state index in [1.807, 2.05) is 6.92 Å². The quantitative estimate of drug-likeness (QED) is 0.645. The molecule has 1 rings (SSSR count). The van der Waals surface area contributed by atoms with Crippen LogP contribution in [0.5, 0.6) is 0 Å². The van der Waals surface area contributed by atoms with Gasteiger partial charge in [-0.25, -0.2) is 0 Å². The zero-order valence-corrected chi connectivity index (χ0v) is 9.55. The van der Waals surface area contributed by atoms with Gasteiger partial charge >= 0.3 is 0 Å². The topological polar surface area (TPSA) is 35.5 Å². The highest BCUT2D eigenvalue weighted by atomic mass is 16.3. The smallest absolute Gasteiger partial charge is 0.0746 e. The van der Waals surface area contributed by atoms with Crippen LogP contribution in [0.15, 0.2) is 0 Å². The van der Waals surface area contributed by atoms with E-state index in [4.69, 9.17) is 0 Å². The second kappa shape index (κ2) is 5.69. The third-order valence-electron chi connectivity index (χ3n) is 2.79. The maximum Gasteiger partial charge on any atom is 0.0746 e. The van der Waals surface area contributed by atoms with E-state index in [1.54, 1.807) is 0 Å². The largest absolute Gasteiger partial charge is 0.389 e. The van der Waals surface area contributed by atoms with Crippen LogP contribution in [0.3, 0.4) is 0 Å². The number of nitrogens with one attached hydrogen (secondary N) is 1. The van der Waals surface area contributed by atoms with E-state index >= 15 is 0 Å². The van der Waals surface area contributed by atoms with Crippen LogP contribution in [-0.2, 0) is 0 Å². The van der Waals surface area contributed by atoms with Gasteiger partial charge in [0.2, 0.25) is 0 Å². The SMILES string of the molecule is CCCNCCN1CCCC(C)(O)C1. The van der Waals surface area contributed by atoms with Crippen molar-refractivity contribution in [3.8, 4) is 0 Å². The second-order valence-corrected chi connectivity index (χ2v) is 4.63. The van der Waals surface area contributed by atoms with E-state index in [-0.39, 0.29) is 0 Å². The van der Waals surface area contributed by atoms with Crippen molar-refractivity contribution in [2.45, 2.75) is 38.7 Å². The van der Waals surface area contributed by atoms with Gasteiger partial charge in [-0.15, -0.1) is 0 Å². The van der Waals surface area contributed by atoms with Crippen molar-refractivity contribution in [1.82, 2.24) is 10.2 Å². The Balaban J connectivity index is 2.12. The van der Waals surface area contributed by atoms with Gasteiger partial charge in [-0.05, 0) is 39.3 Å². The van der Waals surface area contributed by atoms with Crippen LogP contribution < -0.4 is 5.32 Å². The van der Waals surface area contributed by atoms with Crippen LogP contribution in [0.2, 0.25) is 0 Å². The number of rotatable bonds is 5. The first-order chi connectivity index (χ1) is 6.64. The van der Waals surface area contributed by atoms with Crippen molar-refractivity contribution in [3.63, 3.8) is 0 Å². The minimum absolute atomic E-state index is 0.455. The molecule has 0 amide bonds. The molecule has 0 spiro atoms. The van der Waals surface area contributed by atoms with E-state index in [1.165, 1.54) is 6.42 Å². The molecule has 1 fully saturated rings. The highest BCUT2D eigenvalue weighted by molar-refractivity contribution is 4.82. The summed E-state index contributed by atoms with van der Waals surface area (Å²) in [5.41, 5.74) is -0.455. The van der Waals surface area contributed by atoms with E-state index in [0.29, 0.717) is 0 Å². The fourth-order valence-electron chi connectivity index (χ4n) is 2.05. The van der Waals surface area contributed by atoms with Crippen LogP contribution >= 0.6 is 0 Å². The molecule has 3 heteroatoms. The summed E-state index contributed by atoms with van der Waals surface area (Å²) in [7, 11) is 0. The van der Waals surface area contributed by atoms with Gasteiger partial charge in [0, 0.05) is 19.6 Å². The zero-order valence-electron chi connectivity index (χ0n) is 9.55. The van der Waals surface area contributed by atoms with E-state index in [2.05, 4.69) is 17.1 Å². The molecule has 14 heavy (non-hydrogen) atoms. The summed E-state index contributed by atoms with van der Waals surface area (Å²) in [6.45, 7) is 9.31. The molecule has 1 atom stereocenters. The Bertz CT molecular complexity index is 159. The molecule has 84 valence electrons. The molecular formula is C11H24N2O. The number of β-amino-alcohol motifs (C(OH)–C–C–N with tert-alkyl or cyclic N) is 1. The number of piperidine rings is 1. The molecule has 0 aromatic carbocycles. The molecule has 0 aromatic rings. The number of hydrogen-bond donors (Lipinski definition) is 2. The summed E-state index contributed by atoms with van der Waals surface area (Å²) in [4.78, 5) is 2.35. The first-order valence-electron chi connectivity index (χ1n) is 5.79. The van der Waals surface area contributed by atoms with Gasteiger partial charge in [0.1, 0.15) is 0 Å². The number of hydrogen-bond acceptors (Lipinski definition) is 3. The summed E-state index contributed by atoms with van der Waals surface area (Å²) < 4.78 is 0. The highest BCUT2D eigenvalue weighted by Crippen LogP contribution is 2.19. The van der Waals surface area contributed by atoms with Crippen LogP contribution in [0.4, 0.5) is 0 Å². The lowest BCUT2D eigenvalue weighted by molar-refractivity contribution is -0.0149. The van der Waals surface area contributed by atoms with Crippen molar-refractivity contribution in [2.75, 3.05) is 32.7 Å². The zero-order chi connectivity index (χ0) is 10.4. The van der Waals surface area contributed by atoms with Gasteiger partial charge < -0.3 is 10.4 Å². The normalized spacial score (nSPS) is 29.4. The number of nitrogens with zero attached hydrogens (tertiary/aromatic N) is 1. The van der Waals surface area contributed by atoms with Gasteiger partial charge in [0.15, 0.2) is 0 Å². The number of likely N-dealkylation sites (tertiary alicyclic amines) is 1. The molecule has 1 aliphatic rings. The molecule has 1 saturated heterocycles. The third-order valence-corrected chi connectivity index (χ3v) is 2.79. The van der Waals surface area contributed by atoms with Crippen molar-refractivity contribution >= 4 is 0 Å². The average Bonchev–Trinajstić information content (AvgIpc) is 2.11. The van der Waals surface area contributed by atoms with E-state index in [9.17, 15) is 5.11 Å². The fraction of sp³-hybridized carbons (Fsp3) is 1.00. The Morgan fingerprint density at radius 3 is 2.86 bits per heavy atom. The average molecular weight is 200 g/mol. The Morgan fingerprint density at radius 1 is 1.43 bits per heavy atom. The van der Waals surface area contributed by atoms with Crippen molar-refractivity contribution in [2.24, 2.45) is 0 Å². The maximum atomic E-state index is 9.89. The fourth-order valence-corrected chi connectivity index (χ4v) is 2.05. The van der Waals surface area contributed by atoms with Crippen molar-refractivity contribution in [1.29, 1.82) is 0 Å². The van der Waals surface area contributed by atoms with Gasteiger partial charge in [0.25, 0.3) is 0 Å². The number of aliphatic hydroxyl groups is 1. The molecule has 0 bridgehead atoms. The lowest BCUT2D eigenvalue weighted by Crippen LogP contribution is -2.47. The third kappa shape index (κ3) is 4.40. The highest BCUT2D eigenvalue weighted by Gasteiger charge is 2.27. The Kier molecular flexibility index (Phi) is 4.85. The molecule has 0 radical (unpaired) electrons. The van der Waals surface area contributed by atoms with E-state index in [0.717, 1.165) is 45.6 Å². The van der Waals surface area contributed by atoms with Crippen LogP contribution in [-0.4, -0.2) is 48.3 Å². The maximum absolute atomic E-state index is 9.89. The molecule has 0 aliphatic carbocycles. The molecule has 2 N–H and O–H groups in total. The summed E-state index contributed by atoms with van der Waals surface area (Å²) >= 11 is 0. The molecule has 0 aromatic heterocycles. The van der Waals surface area contributed by atoms with Crippen molar-refractivity contribution in [3.05, 3.63) is 0 Å². The first kappa shape index (κ1) is 12.0. The van der Waals surface area contributed by atoms with Crippen LogP contribution in [0.25, 0.3) is 0 Å². The van der Waals surface area contributed by atoms with Gasteiger partial charge in [-0.3, -0.25) is 4.90 Å². The molecule has 1 unspecified atom stereocenters. The summed E-state index contributed by atoms with van der Waals surface area (Å²) in [6, 6.07) is 0. The Morgan fingerprint density at radius 2 is 2.21 bits per heavy atom. The lowest BCUT2D eigenvalue weighted by Gasteiger charge is -2.36. The first-order valence-corrected chi connectivity index (χ1v) is 5.79. The monoisotopic (exact) mass is 200 g/mol. The molecule has 1 heterocycles. The summed E-state index contributed by atoms with van der Waals surface area (Å²) in [5.74, 6) is 0. The minimum Gasteiger partial charge on any atom is -0.389 e. The van der Waals surface area contributed by atoms with E-state index < -0.39 is 5.60 Å². The molecule has 1 aliphatic heterocycles. The van der Waals surface area contributed by atoms with Gasteiger partial charge in [-0.2, -0.15) is 0 Å². The lowest BCUT2D eigenvalue weighted by atomic mass is 9.95. The summed E-state index contributed by atoms with van der Waals surface area (Å²) in [6.07, 6.45) is 3.27. The van der Waals surface area contributed by atoms with Crippen molar-refractivity contribution < 1.29 is 5.11 Å². The standard InChI is InChI=1S/C11H24N2O/c1-3-6-12-7-9-13-8-4-5-11(2,14)10-13/h12,14H,3-10H2,1-2H3. The summed E-state index contributed by atoms with van der Waals surface area (Å²) in [5, 5.41) is 13.3. The predicted octanol–water partition coefficient (Wildman–Crippen LogP) is 0.833. The second-order valence-electron chi connectivity index (χ2n) is 4.63. The minimum atomic E-state index is -0.455. The molecular weight excluding hydrogens is 176 g/mol. The Hall–Kier alpha value is -0.120. The van der Waals surface area contributed by atoms with Crippen LogP contribution in [0.1, 0.15) is 33.1 Å². The predicted molar refractivity (Wildman–Crippen MR) is 59.5 cm³/mol. The van der Waals surface area contributed by atoms with Crippen LogP contribution in [0, 0.1) is 0 Å². The van der Waals surface area contributed by atoms with Gasteiger partial charge in [0.05, 0.1) is 5.60 Å². The molecule has 3 nitrogen and oxygen atoms in total. The molecule has 0 saturated carbocycles. The Labute approximate surface area is 87.5 Å².